The van der Waals surface area contributed by atoms with E-state index in [2.05, 4.69) is 5.32 Å². The van der Waals surface area contributed by atoms with Crippen LogP contribution < -0.4 is 10.1 Å². The van der Waals surface area contributed by atoms with Crippen LogP contribution in [-0.4, -0.2) is 72.0 Å². The summed E-state index contributed by atoms with van der Waals surface area (Å²) in [7, 11) is 3.22. The molecule has 1 N–H and O–H groups in total. The molecule has 166 valence electrons. The Morgan fingerprint density at radius 1 is 1.16 bits per heavy atom. The van der Waals surface area contributed by atoms with Crippen molar-refractivity contribution in [2.45, 2.75) is 68.7 Å². The molecule has 0 aliphatic carbocycles. The maximum atomic E-state index is 13.6. The first kappa shape index (κ1) is 20.3. The minimum Gasteiger partial charge on any atom is -0.497 e. The summed E-state index contributed by atoms with van der Waals surface area (Å²) in [5.41, 5.74) is -0.0547. The predicted octanol–water partition coefficient (Wildman–Crippen LogP) is 1.67. The fourth-order valence-electron chi connectivity index (χ4n) is 6.01. The highest BCUT2D eigenvalue weighted by Crippen LogP contribution is 2.54. The Labute approximate surface area is 181 Å². The molecule has 4 heterocycles. The number of rotatable bonds is 4. The van der Waals surface area contributed by atoms with Gasteiger partial charge in [-0.1, -0.05) is 6.07 Å². The fourth-order valence-corrected chi connectivity index (χ4v) is 6.01. The largest absolute Gasteiger partial charge is 0.497 e. The summed E-state index contributed by atoms with van der Waals surface area (Å²) in [6.45, 7) is 4.52. The van der Waals surface area contributed by atoms with E-state index in [4.69, 9.17) is 9.47 Å². The molecule has 3 fully saturated rings. The zero-order valence-electron chi connectivity index (χ0n) is 18.4. The van der Waals surface area contributed by atoms with Crippen molar-refractivity contribution in [2.24, 2.45) is 0 Å². The van der Waals surface area contributed by atoms with Gasteiger partial charge in [0.1, 0.15) is 17.8 Å². The van der Waals surface area contributed by atoms with Gasteiger partial charge in [0.15, 0.2) is 0 Å². The van der Waals surface area contributed by atoms with E-state index >= 15 is 0 Å². The normalized spacial score (nSPS) is 31.7. The summed E-state index contributed by atoms with van der Waals surface area (Å²) < 4.78 is 11.0. The summed E-state index contributed by atoms with van der Waals surface area (Å²) in [6, 6.07) is 4.03. The van der Waals surface area contributed by atoms with Gasteiger partial charge >= 0.3 is 0 Å². The van der Waals surface area contributed by atoms with Gasteiger partial charge in [-0.3, -0.25) is 14.4 Å². The summed E-state index contributed by atoms with van der Waals surface area (Å²) in [4.78, 5) is 44.1. The molecule has 3 amide bonds. The maximum Gasteiger partial charge on any atom is 0.246 e. The van der Waals surface area contributed by atoms with Crippen LogP contribution in [0.2, 0.25) is 0 Å². The first-order chi connectivity index (χ1) is 14.7. The second-order valence-corrected chi connectivity index (χ2v) is 9.68. The Balaban J connectivity index is 1.66. The highest BCUT2D eigenvalue weighted by atomic mass is 16.5. The molecular formula is C23H29N3O5. The average molecular weight is 428 g/mol. The van der Waals surface area contributed by atoms with Crippen LogP contribution >= 0.6 is 0 Å². The van der Waals surface area contributed by atoms with Crippen molar-refractivity contribution >= 4 is 23.4 Å². The van der Waals surface area contributed by atoms with E-state index in [1.54, 1.807) is 30.1 Å². The molecule has 1 spiro atoms. The summed E-state index contributed by atoms with van der Waals surface area (Å²) >= 11 is 0. The molecule has 8 heteroatoms. The van der Waals surface area contributed by atoms with Crippen molar-refractivity contribution in [2.75, 3.05) is 26.1 Å². The molecule has 0 aromatic heterocycles. The Morgan fingerprint density at radius 2 is 1.94 bits per heavy atom. The molecule has 0 bridgehead atoms. The highest BCUT2D eigenvalue weighted by Gasteiger charge is 2.67. The lowest BCUT2D eigenvalue weighted by atomic mass is 9.71. The molecule has 4 aliphatic heterocycles. The third kappa shape index (κ3) is 2.67. The van der Waals surface area contributed by atoms with Gasteiger partial charge in [0.2, 0.25) is 17.7 Å². The van der Waals surface area contributed by atoms with Gasteiger partial charge in [-0.25, -0.2) is 0 Å². The van der Waals surface area contributed by atoms with Gasteiger partial charge in [0, 0.05) is 25.4 Å². The number of methoxy groups -OCH3 is 2. The van der Waals surface area contributed by atoms with Gasteiger partial charge in [-0.05, 0) is 51.2 Å². The van der Waals surface area contributed by atoms with E-state index in [1.807, 2.05) is 26.0 Å². The first-order valence-corrected chi connectivity index (χ1v) is 10.9. The van der Waals surface area contributed by atoms with E-state index in [9.17, 15) is 14.4 Å². The van der Waals surface area contributed by atoms with E-state index in [1.165, 1.54) is 0 Å². The third-order valence-electron chi connectivity index (χ3n) is 7.71. The van der Waals surface area contributed by atoms with E-state index < -0.39 is 29.1 Å². The van der Waals surface area contributed by atoms with Gasteiger partial charge in [0.05, 0.1) is 24.2 Å². The van der Waals surface area contributed by atoms with Crippen LogP contribution in [0.4, 0.5) is 5.69 Å². The molecule has 8 nitrogen and oxygen atoms in total. The molecule has 3 saturated heterocycles. The molecule has 0 radical (unpaired) electrons. The van der Waals surface area contributed by atoms with Crippen LogP contribution in [0.5, 0.6) is 5.75 Å². The number of fused-ring (bicyclic) bond motifs is 4. The van der Waals surface area contributed by atoms with Crippen molar-refractivity contribution in [3.05, 3.63) is 23.8 Å². The molecule has 31 heavy (non-hydrogen) atoms. The average Bonchev–Trinajstić information content (AvgIpc) is 3.43. The number of nitrogens with zero attached hydrogens (tertiary/aromatic N) is 2. The molecule has 4 aliphatic rings. The van der Waals surface area contributed by atoms with Crippen LogP contribution in [-0.2, 0) is 24.5 Å². The molecule has 0 saturated carbocycles. The van der Waals surface area contributed by atoms with Crippen molar-refractivity contribution in [1.82, 2.24) is 9.80 Å². The Kier molecular flexibility index (Phi) is 4.38. The zero-order chi connectivity index (χ0) is 22.1. The first-order valence-electron chi connectivity index (χ1n) is 10.9. The zero-order valence-corrected chi connectivity index (χ0v) is 18.4. The van der Waals surface area contributed by atoms with Crippen LogP contribution in [0.15, 0.2) is 18.2 Å². The van der Waals surface area contributed by atoms with Gasteiger partial charge < -0.3 is 24.6 Å². The predicted molar refractivity (Wildman–Crippen MR) is 113 cm³/mol. The minimum atomic E-state index is -0.993. The summed E-state index contributed by atoms with van der Waals surface area (Å²) in [5.74, 6) is 0.413. The number of amides is 3. The van der Waals surface area contributed by atoms with Crippen LogP contribution in [0.1, 0.15) is 45.1 Å². The summed E-state index contributed by atoms with van der Waals surface area (Å²) in [6.07, 6.45) is 2.26. The highest BCUT2D eigenvalue weighted by molar-refractivity contribution is 6.10. The topological polar surface area (TPSA) is 88.2 Å². The van der Waals surface area contributed by atoms with E-state index in [0.717, 1.165) is 12.0 Å². The molecular weight excluding hydrogens is 398 g/mol. The monoisotopic (exact) mass is 427 g/mol. The molecule has 4 atom stereocenters. The smallest absolute Gasteiger partial charge is 0.246 e. The third-order valence-corrected chi connectivity index (χ3v) is 7.71. The Hall–Kier alpha value is -2.61. The van der Waals surface area contributed by atoms with Crippen molar-refractivity contribution < 1.29 is 23.9 Å². The number of nitrogens with one attached hydrogen (secondary N) is 1. The lowest BCUT2D eigenvalue weighted by Gasteiger charge is -2.44. The van der Waals surface area contributed by atoms with Crippen molar-refractivity contribution in [3.8, 4) is 5.75 Å². The number of anilines is 1. The Bertz CT molecular complexity index is 976. The van der Waals surface area contributed by atoms with E-state index in [-0.39, 0.29) is 24.1 Å². The van der Waals surface area contributed by atoms with Gasteiger partial charge in [-0.2, -0.15) is 0 Å². The number of hydrogen-bond acceptors (Lipinski definition) is 5. The molecule has 5 rings (SSSR count). The van der Waals surface area contributed by atoms with Gasteiger partial charge in [0.25, 0.3) is 0 Å². The SMILES string of the molecule is COc1ccc2c(c1)NC(=O)[C@@]21C[C@H]2C(=O)N3CCC[C@H]3C(=O)N2[C@H]1CC(C)(C)OC. The van der Waals surface area contributed by atoms with E-state index in [0.29, 0.717) is 30.8 Å². The fraction of sp³-hybridized carbons (Fsp3) is 0.609. The van der Waals surface area contributed by atoms with Crippen molar-refractivity contribution in [3.63, 3.8) is 0 Å². The molecule has 0 unspecified atom stereocenters. The number of benzene rings is 1. The van der Waals surface area contributed by atoms with Crippen LogP contribution in [0.25, 0.3) is 0 Å². The van der Waals surface area contributed by atoms with Crippen LogP contribution in [0.3, 0.4) is 0 Å². The maximum absolute atomic E-state index is 13.6. The quantitative estimate of drug-likeness (QED) is 0.790. The molecule has 1 aromatic rings. The minimum absolute atomic E-state index is 0.0334. The van der Waals surface area contributed by atoms with Gasteiger partial charge in [-0.15, -0.1) is 0 Å². The lowest BCUT2D eigenvalue weighted by molar-refractivity contribution is -0.160. The number of hydrogen-bond donors (Lipinski definition) is 1. The second-order valence-electron chi connectivity index (χ2n) is 9.68. The summed E-state index contributed by atoms with van der Waals surface area (Å²) in [5, 5.41) is 3.01. The van der Waals surface area contributed by atoms with Crippen molar-refractivity contribution in [1.29, 1.82) is 0 Å². The molecule has 1 aromatic carbocycles. The standard InChI is InChI=1S/C23H29N3O5/c1-22(2,31-4)12-18-23(14-8-7-13(30-3)10-15(14)24-21(23)29)11-17-19(27)25-9-5-6-16(25)20(28)26(17)18/h7-8,10,16-18H,5-6,9,11-12H2,1-4H3,(H,24,29)/t16-,17-,18-,23-/m0/s1. The second kappa shape index (κ2) is 6.69. The number of ether oxygens (including phenoxy) is 2. The number of carbonyl (C=O) groups excluding carboxylic acids is 3. The van der Waals surface area contributed by atoms with Crippen LogP contribution in [0, 0.1) is 0 Å². The number of piperazine rings is 1. The number of carbonyl (C=O) groups is 3. The lowest BCUT2D eigenvalue weighted by Crippen LogP contribution is -2.63. The Morgan fingerprint density at radius 3 is 2.65 bits per heavy atom.